The SMILES string of the molecule is Cc1cccc2c1N(CCCNC(C)(C)C)C(=O)C2=O. The van der Waals surface area contributed by atoms with E-state index >= 15 is 0 Å². The zero-order valence-electron chi connectivity index (χ0n) is 12.6. The monoisotopic (exact) mass is 274 g/mol. The van der Waals surface area contributed by atoms with E-state index in [4.69, 9.17) is 0 Å². The van der Waals surface area contributed by atoms with Gasteiger partial charge in [0.15, 0.2) is 0 Å². The molecule has 1 amide bonds. The smallest absolute Gasteiger partial charge is 0.299 e. The zero-order chi connectivity index (χ0) is 14.9. The second kappa shape index (κ2) is 5.37. The Kier molecular flexibility index (Phi) is 3.95. The van der Waals surface area contributed by atoms with E-state index in [1.54, 1.807) is 11.0 Å². The molecule has 0 bridgehead atoms. The third kappa shape index (κ3) is 2.90. The number of carbonyl (C=O) groups is 2. The van der Waals surface area contributed by atoms with Crippen molar-refractivity contribution in [2.45, 2.75) is 39.7 Å². The Hall–Kier alpha value is -1.68. The van der Waals surface area contributed by atoms with Gasteiger partial charge in [-0.3, -0.25) is 9.59 Å². The summed E-state index contributed by atoms with van der Waals surface area (Å²) in [6.07, 6.45) is 0.823. The van der Waals surface area contributed by atoms with E-state index in [0.29, 0.717) is 12.1 Å². The molecule has 20 heavy (non-hydrogen) atoms. The van der Waals surface area contributed by atoms with E-state index in [1.807, 2.05) is 19.1 Å². The van der Waals surface area contributed by atoms with E-state index in [-0.39, 0.29) is 11.3 Å². The first-order chi connectivity index (χ1) is 9.31. The normalized spacial score (nSPS) is 14.9. The Labute approximate surface area is 120 Å². The summed E-state index contributed by atoms with van der Waals surface area (Å²) in [5, 5.41) is 3.39. The Balaban J connectivity index is 2.07. The zero-order valence-corrected chi connectivity index (χ0v) is 12.6. The minimum atomic E-state index is -0.398. The number of carbonyl (C=O) groups excluding carboxylic acids is 2. The van der Waals surface area contributed by atoms with Crippen LogP contribution in [0.15, 0.2) is 18.2 Å². The molecule has 1 aliphatic rings. The van der Waals surface area contributed by atoms with Gasteiger partial charge < -0.3 is 10.2 Å². The number of amides is 1. The van der Waals surface area contributed by atoms with Crippen LogP contribution in [0.4, 0.5) is 5.69 Å². The molecule has 1 aromatic carbocycles. The van der Waals surface area contributed by atoms with Gasteiger partial charge in [-0.25, -0.2) is 0 Å². The van der Waals surface area contributed by atoms with Gasteiger partial charge in [0.05, 0.1) is 11.3 Å². The molecule has 0 aromatic heterocycles. The van der Waals surface area contributed by atoms with Gasteiger partial charge in [-0.1, -0.05) is 12.1 Å². The number of aryl methyl sites for hydroxylation is 1. The van der Waals surface area contributed by atoms with Gasteiger partial charge in [0.1, 0.15) is 0 Å². The third-order valence-corrected chi connectivity index (χ3v) is 3.41. The fraction of sp³-hybridized carbons (Fsp3) is 0.500. The van der Waals surface area contributed by atoms with Crippen LogP contribution in [0.25, 0.3) is 0 Å². The molecule has 108 valence electrons. The van der Waals surface area contributed by atoms with Gasteiger partial charge in [-0.15, -0.1) is 0 Å². The molecule has 0 atom stereocenters. The highest BCUT2D eigenvalue weighted by molar-refractivity contribution is 6.52. The van der Waals surface area contributed by atoms with Crippen molar-refractivity contribution in [3.8, 4) is 0 Å². The average Bonchev–Trinajstić information content (AvgIpc) is 2.60. The number of rotatable bonds is 4. The van der Waals surface area contributed by atoms with Crippen molar-refractivity contribution >= 4 is 17.4 Å². The van der Waals surface area contributed by atoms with Crippen molar-refractivity contribution < 1.29 is 9.59 Å². The molecule has 4 heteroatoms. The van der Waals surface area contributed by atoms with Crippen LogP contribution in [-0.4, -0.2) is 30.3 Å². The summed E-state index contributed by atoms with van der Waals surface area (Å²) < 4.78 is 0. The molecule has 1 heterocycles. The topological polar surface area (TPSA) is 49.4 Å². The van der Waals surface area contributed by atoms with E-state index < -0.39 is 5.91 Å². The van der Waals surface area contributed by atoms with Crippen molar-refractivity contribution in [1.82, 2.24) is 5.32 Å². The number of hydrogen-bond acceptors (Lipinski definition) is 3. The lowest BCUT2D eigenvalue weighted by Crippen LogP contribution is -2.38. The van der Waals surface area contributed by atoms with E-state index in [1.165, 1.54) is 0 Å². The Morgan fingerprint density at radius 1 is 1.20 bits per heavy atom. The first-order valence-electron chi connectivity index (χ1n) is 7.02. The lowest BCUT2D eigenvalue weighted by atomic mass is 10.1. The van der Waals surface area contributed by atoms with Gasteiger partial charge in [-0.05, 0) is 52.3 Å². The molecule has 0 saturated heterocycles. The molecule has 2 rings (SSSR count). The first kappa shape index (κ1) is 14.7. The van der Waals surface area contributed by atoms with Crippen LogP contribution in [0.3, 0.4) is 0 Å². The predicted octanol–water partition coefficient (Wildman–Crippen LogP) is 2.30. The molecule has 0 saturated carbocycles. The second-order valence-electron chi connectivity index (χ2n) is 6.29. The maximum absolute atomic E-state index is 12.1. The molecule has 0 fully saturated rings. The Morgan fingerprint density at radius 3 is 2.55 bits per heavy atom. The Bertz CT molecular complexity index is 544. The van der Waals surface area contributed by atoms with Gasteiger partial charge in [0.2, 0.25) is 0 Å². The van der Waals surface area contributed by atoms with Crippen LogP contribution in [0.2, 0.25) is 0 Å². The average molecular weight is 274 g/mol. The summed E-state index contributed by atoms with van der Waals surface area (Å²) in [5.41, 5.74) is 2.38. The molecule has 0 radical (unpaired) electrons. The van der Waals surface area contributed by atoms with E-state index in [2.05, 4.69) is 26.1 Å². The predicted molar refractivity (Wildman–Crippen MR) is 80.2 cm³/mol. The van der Waals surface area contributed by atoms with Crippen molar-refractivity contribution in [2.75, 3.05) is 18.0 Å². The van der Waals surface area contributed by atoms with Gasteiger partial charge in [0, 0.05) is 12.1 Å². The number of Topliss-reactive ketones (excluding diaryl/α,β-unsaturated/α-hetero) is 1. The van der Waals surface area contributed by atoms with E-state index in [0.717, 1.165) is 24.2 Å². The molecule has 1 aromatic rings. The number of para-hydroxylation sites is 1. The highest BCUT2D eigenvalue weighted by atomic mass is 16.2. The molecule has 4 nitrogen and oxygen atoms in total. The molecule has 0 aliphatic carbocycles. The largest absolute Gasteiger partial charge is 0.312 e. The number of nitrogens with zero attached hydrogens (tertiary/aromatic N) is 1. The van der Waals surface area contributed by atoms with Crippen molar-refractivity contribution in [3.05, 3.63) is 29.3 Å². The summed E-state index contributed by atoms with van der Waals surface area (Å²) in [6.45, 7) is 9.66. The number of ketones is 1. The molecule has 0 unspecified atom stereocenters. The van der Waals surface area contributed by atoms with Crippen molar-refractivity contribution in [1.29, 1.82) is 0 Å². The number of nitrogens with one attached hydrogen (secondary N) is 1. The molecular weight excluding hydrogens is 252 g/mol. The van der Waals surface area contributed by atoms with E-state index in [9.17, 15) is 9.59 Å². The van der Waals surface area contributed by atoms with Gasteiger partial charge in [0.25, 0.3) is 11.7 Å². The van der Waals surface area contributed by atoms with Crippen LogP contribution in [-0.2, 0) is 4.79 Å². The fourth-order valence-corrected chi connectivity index (χ4v) is 2.45. The lowest BCUT2D eigenvalue weighted by Gasteiger charge is -2.22. The lowest BCUT2D eigenvalue weighted by molar-refractivity contribution is -0.114. The summed E-state index contributed by atoms with van der Waals surface area (Å²) in [5.74, 6) is -0.780. The summed E-state index contributed by atoms with van der Waals surface area (Å²) in [4.78, 5) is 25.6. The quantitative estimate of drug-likeness (QED) is 0.677. The van der Waals surface area contributed by atoms with Crippen LogP contribution >= 0.6 is 0 Å². The number of anilines is 1. The maximum Gasteiger partial charge on any atom is 0.299 e. The van der Waals surface area contributed by atoms with Crippen LogP contribution in [0.1, 0.15) is 43.1 Å². The van der Waals surface area contributed by atoms with Crippen LogP contribution in [0.5, 0.6) is 0 Å². The minimum absolute atomic E-state index is 0.0681. The molecule has 1 aliphatic heterocycles. The molecular formula is C16H22N2O2. The maximum atomic E-state index is 12.1. The highest BCUT2D eigenvalue weighted by Gasteiger charge is 2.36. The minimum Gasteiger partial charge on any atom is -0.312 e. The van der Waals surface area contributed by atoms with Crippen molar-refractivity contribution in [2.24, 2.45) is 0 Å². The van der Waals surface area contributed by atoms with Crippen LogP contribution < -0.4 is 10.2 Å². The highest BCUT2D eigenvalue weighted by Crippen LogP contribution is 2.32. The number of fused-ring (bicyclic) bond motifs is 1. The van der Waals surface area contributed by atoms with Crippen LogP contribution in [0, 0.1) is 6.92 Å². The molecule has 0 spiro atoms. The molecule has 1 N–H and O–H groups in total. The first-order valence-corrected chi connectivity index (χ1v) is 7.02. The number of hydrogen-bond donors (Lipinski definition) is 1. The summed E-state index contributed by atoms with van der Waals surface area (Å²) >= 11 is 0. The summed E-state index contributed by atoms with van der Waals surface area (Å²) in [7, 11) is 0. The van der Waals surface area contributed by atoms with Gasteiger partial charge in [-0.2, -0.15) is 0 Å². The second-order valence-corrected chi connectivity index (χ2v) is 6.29. The number of benzene rings is 1. The Morgan fingerprint density at radius 2 is 1.90 bits per heavy atom. The standard InChI is InChI=1S/C16H22N2O2/c1-11-7-5-8-12-13(11)18(15(20)14(12)19)10-6-9-17-16(2,3)4/h5,7-8,17H,6,9-10H2,1-4H3. The van der Waals surface area contributed by atoms with Crippen molar-refractivity contribution in [3.63, 3.8) is 0 Å². The summed E-state index contributed by atoms with van der Waals surface area (Å²) in [6, 6.07) is 5.49. The fourth-order valence-electron chi connectivity index (χ4n) is 2.45. The van der Waals surface area contributed by atoms with Gasteiger partial charge >= 0.3 is 0 Å². The third-order valence-electron chi connectivity index (χ3n) is 3.41.